The molecule has 1 atom stereocenters. The Bertz CT molecular complexity index is 743. The molecule has 0 amide bonds. The van der Waals surface area contributed by atoms with Crippen molar-refractivity contribution in [1.29, 1.82) is 0 Å². The number of likely N-dealkylation sites (N-methyl/N-ethyl adjacent to an activating group) is 1. The van der Waals surface area contributed by atoms with Crippen LogP contribution in [0.15, 0.2) is 40.9 Å². The SMILES string of the molecule is Cc1cc2c(cc1Br)CCN(C)CC2c1ccc([N+](=O)[O-])cc1. The average molecular weight is 375 g/mol. The second-order valence-electron chi connectivity index (χ2n) is 6.21. The zero-order valence-electron chi connectivity index (χ0n) is 13.3. The van der Waals surface area contributed by atoms with Gasteiger partial charge in [-0.1, -0.05) is 34.1 Å². The van der Waals surface area contributed by atoms with Crippen molar-refractivity contribution in [2.75, 3.05) is 20.1 Å². The van der Waals surface area contributed by atoms with Gasteiger partial charge >= 0.3 is 0 Å². The minimum Gasteiger partial charge on any atom is -0.305 e. The average Bonchev–Trinajstić information content (AvgIpc) is 2.68. The molecule has 0 fully saturated rings. The van der Waals surface area contributed by atoms with Gasteiger partial charge in [-0.2, -0.15) is 0 Å². The van der Waals surface area contributed by atoms with Crippen molar-refractivity contribution < 1.29 is 4.92 Å². The van der Waals surface area contributed by atoms with E-state index in [0.717, 1.165) is 29.5 Å². The maximum atomic E-state index is 10.9. The van der Waals surface area contributed by atoms with Crippen LogP contribution < -0.4 is 0 Å². The van der Waals surface area contributed by atoms with E-state index >= 15 is 0 Å². The number of benzene rings is 2. The maximum absolute atomic E-state index is 10.9. The highest BCUT2D eigenvalue weighted by Crippen LogP contribution is 2.34. The number of non-ortho nitro benzene ring substituents is 1. The Hall–Kier alpha value is -1.72. The molecule has 0 aliphatic carbocycles. The standard InChI is InChI=1S/C18H19BrN2O2/c1-12-9-16-14(10-18(12)19)7-8-20(2)11-17(16)13-3-5-15(6-4-13)21(22)23/h3-6,9-10,17H,7-8,11H2,1-2H3. The monoisotopic (exact) mass is 374 g/mol. The minimum atomic E-state index is -0.349. The largest absolute Gasteiger partial charge is 0.305 e. The molecular weight excluding hydrogens is 356 g/mol. The third-order valence-electron chi connectivity index (χ3n) is 4.56. The molecule has 1 heterocycles. The fraction of sp³-hybridized carbons (Fsp3) is 0.333. The third-order valence-corrected chi connectivity index (χ3v) is 5.41. The molecule has 0 N–H and O–H groups in total. The topological polar surface area (TPSA) is 46.4 Å². The summed E-state index contributed by atoms with van der Waals surface area (Å²) < 4.78 is 1.14. The summed E-state index contributed by atoms with van der Waals surface area (Å²) in [5, 5.41) is 10.9. The normalized spacial score (nSPS) is 18.3. The van der Waals surface area contributed by atoms with E-state index in [1.807, 2.05) is 12.1 Å². The van der Waals surface area contributed by atoms with E-state index in [1.165, 1.54) is 16.7 Å². The summed E-state index contributed by atoms with van der Waals surface area (Å²) in [5.74, 6) is 0.241. The Morgan fingerprint density at radius 3 is 2.61 bits per heavy atom. The Morgan fingerprint density at radius 1 is 1.26 bits per heavy atom. The highest BCUT2D eigenvalue weighted by Gasteiger charge is 2.24. The van der Waals surface area contributed by atoms with Crippen LogP contribution in [0.3, 0.4) is 0 Å². The molecule has 5 heteroatoms. The molecule has 0 saturated carbocycles. The van der Waals surface area contributed by atoms with Crippen molar-refractivity contribution in [3.63, 3.8) is 0 Å². The molecule has 2 aromatic rings. The molecule has 0 saturated heterocycles. The van der Waals surface area contributed by atoms with E-state index in [9.17, 15) is 10.1 Å². The molecule has 0 radical (unpaired) electrons. The van der Waals surface area contributed by atoms with Gasteiger partial charge in [0.15, 0.2) is 0 Å². The van der Waals surface area contributed by atoms with Crippen molar-refractivity contribution in [2.24, 2.45) is 0 Å². The van der Waals surface area contributed by atoms with Crippen LogP contribution in [0.25, 0.3) is 0 Å². The van der Waals surface area contributed by atoms with Gasteiger partial charge in [0.2, 0.25) is 0 Å². The molecule has 1 aliphatic heterocycles. The lowest BCUT2D eigenvalue weighted by atomic mass is 9.87. The summed E-state index contributed by atoms with van der Waals surface area (Å²) in [6, 6.07) is 11.5. The number of hydrogen-bond donors (Lipinski definition) is 0. The van der Waals surface area contributed by atoms with Gasteiger partial charge < -0.3 is 4.90 Å². The van der Waals surface area contributed by atoms with Gasteiger partial charge in [-0.25, -0.2) is 0 Å². The van der Waals surface area contributed by atoms with E-state index in [-0.39, 0.29) is 16.5 Å². The van der Waals surface area contributed by atoms with Crippen molar-refractivity contribution in [2.45, 2.75) is 19.3 Å². The number of hydrogen-bond acceptors (Lipinski definition) is 3. The molecule has 3 rings (SSSR count). The van der Waals surface area contributed by atoms with E-state index in [1.54, 1.807) is 12.1 Å². The first-order chi connectivity index (χ1) is 11.0. The Labute approximate surface area is 144 Å². The second-order valence-corrected chi connectivity index (χ2v) is 7.07. The second kappa shape index (κ2) is 6.42. The van der Waals surface area contributed by atoms with E-state index in [0.29, 0.717) is 0 Å². The molecule has 0 aromatic heterocycles. The molecule has 0 bridgehead atoms. The summed E-state index contributed by atoms with van der Waals surface area (Å²) in [6.45, 7) is 4.05. The van der Waals surface area contributed by atoms with Crippen LogP contribution in [-0.4, -0.2) is 30.0 Å². The van der Waals surface area contributed by atoms with Crippen molar-refractivity contribution in [1.82, 2.24) is 4.90 Å². The van der Waals surface area contributed by atoms with Crippen molar-refractivity contribution >= 4 is 21.6 Å². The zero-order valence-corrected chi connectivity index (χ0v) is 14.8. The first-order valence-corrected chi connectivity index (χ1v) is 8.47. The Balaban J connectivity index is 2.06. The summed E-state index contributed by atoms with van der Waals surface area (Å²) in [4.78, 5) is 12.8. The van der Waals surface area contributed by atoms with Crippen LogP contribution in [0, 0.1) is 17.0 Å². The van der Waals surface area contributed by atoms with Crippen LogP contribution in [0.4, 0.5) is 5.69 Å². The molecule has 4 nitrogen and oxygen atoms in total. The van der Waals surface area contributed by atoms with Crippen LogP contribution in [0.2, 0.25) is 0 Å². The lowest BCUT2D eigenvalue weighted by molar-refractivity contribution is -0.384. The fourth-order valence-electron chi connectivity index (χ4n) is 3.21. The van der Waals surface area contributed by atoms with Gasteiger partial charge in [-0.15, -0.1) is 0 Å². The van der Waals surface area contributed by atoms with Crippen LogP contribution in [0.5, 0.6) is 0 Å². The van der Waals surface area contributed by atoms with Gasteiger partial charge in [0.25, 0.3) is 5.69 Å². The Kier molecular flexibility index (Phi) is 4.50. The third kappa shape index (κ3) is 3.31. The van der Waals surface area contributed by atoms with Gasteiger partial charge in [-0.05, 0) is 48.7 Å². The number of halogens is 1. The summed E-state index contributed by atoms with van der Waals surface area (Å²) in [5.41, 5.74) is 5.19. The van der Waals surface area contributed by atoms with Crippen molar-refractivity contribution in [3.05, 3.63) is 73.2 Å². The molecule has 23 heavy (non-hydrogen) atoms. The van der Waals surface area contributed by atoms with E-state index in [4.69, 9.17) is 0 Å². The van der Waals surface area contributed by atoms with Gasteiger partial charge in [-0.3, -0.25) is 10.1 Å². The number of nitro benzene ring substituents is 1. The molecule has 1 aliphatic rings. The molecule has 2 aromatic carbocycles. The highest BCUT2D eigenvalue weighted by molar-refractivity contribution is 9.10. The first kappa shape index (κ1) is 16.1. The smallest absolute Gasteiger partial charge is 0.269 e. The summed E-state index contributed by atoms with van der Waals surface area (Å²) in [7, 11) is 2.13. The van der Waals surface area contributed by atoms with Gasteiger partial charge in [0, 0.05) is 35.6 Å². The van der Waals surface area contributed by atoms with Gasteiger partial charge in [0.1, 0.15) is 0 Å². The number of aryl methyl sites for hydroxylation is 1. The lowest BCUT2D eigenvalue weighted by Gasteiger charge is -2.22. The summed E-state index contributed by atoms with van der Waals surface area (Å²) >= 11 is 3.63. The lowest BCUT2D eigenvalue weighted by Crippen LogP contribution is -2.24. The number of fused-ring (bicyclic) bond motifs is 1. The van der Waals surface area contributed by atoms with Gasteiger partial charge in [0.05, 0.1) is 4.92 Å². The van der Waals surface area contributed by atoms with E-state index in [2.05, 4.69) is 46.9 Å². The predicted molar refractivity (Wildman–Crippen MR) is 95.0 cm³/mol. The maximum Gasteiger partial charge on any atom is 0.269 e. The van der Waals surface area contributed by atoms with Crippen LogP contribution in [-0.2, 0) is 6.42 Å². The Morgan fingerprint density at radius 2 is 1.96 bits per heavy atom. The number of rotatable bonds is 2. The highest BCUT2D eigenvalue weighted by atomic mass is 79.9. The van der Waals surface area contributed by atoms with Crippen LogP contribution >= 0.6 is 15.9 Å². The molecule has 0 spiro atoms. The zero-order chi connectivity index (χ0) is 16.6. The first-order valence-electron chi connectivity index (χ1n) is 7.67. The van der Waals surface area contributed by atoms with E-state index < -0.39 is 0 Å². The predicted octanol–water partition coefficient (Wildman–Crippen LogP) is 4.29. The number of nitrogens with zero attached hydrogens (tertiary/aromatic N) is 2. The molecule has 1 unspecified atom stereocenters. The fourth-order valence-corrected chi connectivity index (χ4v) is 3.60. The summed E-state index contributed by atoms with van der Waals surface area (Å²) in [6.07, 6.45) is 1.02. The minimum absolute atomic E-state index is 0.142. The quantitative estimate of drug-likeness (QED) is 0.581. The van der Waals surface area contributed by atoms with Crippen LogP contribution in [0.1, 0.15) is 28.2 Å². The number of nitro groups is 1. The van der Waals surface area contributed by atoms with Crippen molar-refractivity contribution in [3.8, 4) is 0 Å². The molecular formula is C18H19BrN2O2. The molecule has 120 valence electrons.